The van der Waals surface area contributed by atoms with Gasteiger partial charge in [0.15, 0.2) is 0 Å². The maximum atomic E-state index is 12.0. The van der Waals surface area contributed by atoms with Gasteiger partial charge in [-0.2, -0.15) is 5.26 Å². The number of piperidine rings is 1. The van der Waals surface area contributed by atoms with Gasteiger partial charge in [0.1, 0.15) is 10.3 Å². The number of hydrogen-bond acceptors (Lipinski definition) is 4. The number of halogens is 1. The van der Waals surface area contributed by atoms with Crippen molar-refractivity contribution >= 4 is 21.8 Å². The average molecular weight is 323 g/mol. The molecule has 100 valence electrons. The van der Waals surface area contributed by atoms with Gasteiger partial charge in [-0.15, -0.1) is 0 Å². The Balaban J connectivity index is 1.86. The Morgan fingerprint density at radius 3 is 2.89 bits per heavy atom. The quantitative estimate of drug-likeness (QED) is 0.677. The van der Waals surface area contributed by atoms with Crippen molar-refractivity contribution < 1.29 is 4.79 Å². The Bertz CT molecular complexity index is 492. The molecule has 1 fully saturated rings. The largest absolute Gasteiger partial charge is 0.348 e. The first-order chi connectivity index (χ1) is 9.19. The summed E-state index contributed by atoms with van der Waals surface area (Å²) in [6, 6.07) is 7.60. The highest BCUT2D eigenvalue weighted by Crippen LogP contribution is 2.11. The summed E-state index contributed by atoms with van der Waals surface area (Å²) in [6.07, 6.45) is 1.75. The molecule has 0 atom stereocenters. The van der Waals surface area contributed by atoms with E-state index in [-0.39, 0.29) is 11.9 Å². The van der Waals surface area contributed by atoms with Crippen LogP contribution in [-0.4, -0.2) is 41.5 Å². The van der Waals surface area contributed by atoms with E-state index in [2.05, 4.69) is 37.2 Å². The second-order valence-corrected chi connectivity index (χ2v) is 5.34. The number of amides is 1. The van der Waals surface area contributed by atoms with Crippen molar-refractivity contribution in [2.45, 2.75) is 18.9 Å². The summed E-state index contributed by atoms with van der Waals surface area (Å²) in [5.41, 5.74) is 0.425. The van der Waals surface area contributed by atoms with Gasteiger partial charge in [-0.1, -0.05) is 6.07 Å². The van der Waals surface area contributed by atoms with Gasteiger partial charge in [-0.25, -0.2) is 4.98 Å². The molecule has 0 radical (unpaired) electrons. The predicted molar refractivity (Wildman–Crippen MR) is 74.5 cm³/mol. The van der Waals surface area contributed by atoms with Crippen LogP contribution in [0.4, 0.5) is 0 Å². The molecule has 0 aliphatic carbocycles. The zero-order valence-electron chi connectivity index (χ0n) is 10.5. The predicted octanol–water partition coefficient (Wildman–Crippen LogP) is 1.56. The van der Waals surface area contributed by atoms with E-state index < -0.39 is 0 Å². The molecule has 1 amide bonds. The molecule has 0 bridgehead atoms. The van der Waals surface area contributed by atoms with Crippen LogP contribution in [-0.2, 0) is 0 Å². The number of nitrogens with zero attached hydrogens (tertiary/aromatic N) is 3. The van der Waals surface area contributed by atoms with E-state index in [0.717, 1.165) is 25.9 Å². The number of likely N-dealkylation sites (tertiary alicyclic amines) is 1. The Labute approximate surface area is 120 Å². The van der Waals surface area contributed by atoms with Crippen molar-refractivity contribution in [3.63, 3.8) is 0 Å². The average Bonchev–Trinajstić information content (AvgIpc) is 2.41. The first-order valence-corrected chi connectivity index (χ1v) is 7.01. The van der Waals surface area contributed by atoms with Gasteiger partial charge in [-0.3, -0.25) is 9.69 Å². The van der Waals surface area contributed by atoms with Crippen molar-refractivity contribution in [2.75, 3.05) is 19.6 Å². The highest BCUT2D eigenvalue weighted by atomic mass is 79.9. The third-order valence-electron chi connectivity index (χ3n) is 3.16. The Morgan fingerprint density at radius 1 is 1.53 bits per heavy atom. The lowest BCUT2D eigenvalue weighted by Gasteiger charge is -2.30. The van der Waals surface area contributed by atoms with E-state index in [0.29, 0.717) is 16.8 Å². The van der Waals surface area contributed by atoms with Crippen molar-refractivity contribution in [1.82, 2.24) is 15.2 Å². The van der Waals surface area contributed by atoms with Crippen LogP contribution in [0.5, 0.6) is 0 Å². The third-order valence-corrected chi connectivity index (χ3v) is 3.61. The van der Waals surface area contributed by atoms with Crippen LogP contribution in [0, 0.1) is 11.3 Å². The summed E-state index contributed by atoms with van der Waals surface area (Å²) >= 11 is 3.25. The molecule has 1 aliphatic heterocycles. The Kier molecular flexibility index (Phi) is 4.88. The highest BCUT2D eigenvalue weighted by Gasteiger charge is 2.21. The molecule has 1 aromatic heterocycles. The summed E-state index contributed by atoms with van der Waals surface area (Å²) in [5, 5.41) is 11.6. The number of nitrogens with one attached hydrogen (secondary N) is 1. The van der Waals surface area contributed by atoms with Crippen LogP contribution in [0.15, 0.2) is 22.8 Å². The normalized spacial score (nSPS) is 16.8. The van der Waals surface area contributed by atoms with Crippen molar-refractivity contribution in [1.29, 1.82) is 5.26 Å². The van der Waals surface area contributed by atoms with Gasteiger partial charge in [0, 0.05) is 19.1 Å². The SMILES string of the molecule is N#CCN1CCC(NC(=O)c2cccc(Br)n2)CC1. The zero-order chi connectivity index (χ0) is 13.7. The number of carbonyl (C=O) groups excluding carboxylic acids is 1. The van der Waals surface area contributed by atoms with Crippen LogP contribution in [0.25, 0.3) is 0 Å². The monoisotopic (exact) mass is 322 g/mol. The van der Waals surface area contributed by atoms with E-state index in [9.17, 15) is 4.79 Å². The van der Waals surface area contributed by atoms with E-state index in [1.54, 1.807) is 18.2 Å². The fourth-order valence-electron chi connectivity index (χ4n) is 2.13. The molecule has 0 aromatic carbocycles. The molecule has 1 aromatic rings. The van der Waals surface area contributed by atoms with Gasteiger partial charge in [0.25, 0.3) is 5.91 Å². The molecule has 19 heavy (non-hydrogen) atoms. The number of nitriles is 1. The molecule has 0 saturated carbocycles. The Hall–Kier alpha value is -1.45. The summed E-state index contributed by atoms with van der Waals surface area (Å²) in [7, 11) is 0. The first kappa shape index (κ1) is 14.0. The van der Waals surface area contributed by atoms with E-state index >= 15 is 0 Å². The lowest BCUT2D eigenvalue weighted by atomic mass is 10.0. The van der Waals surface area contributed by atoms with Gasteiger partial charge in [-0.05, 0) is 40.9 Å². The maximum Gasteiger partial charge on any atom is 0.270 e. The number of carbonyl (C=O) groups is 1. The fourth-order valence-corrected chi connectivity index (χ4v) is 2.47. The lowest BCUT2D eigenvalue weighted by molar-refractivity contribution is 0.0909. The molecular formula is C13H15BrN4O. The summed E-state index contributed by atoms with van der Waals surface area (Å²) in [6.45, 7) is 2.17. The second-order valence-electron chi connectivity index (χ2n) is 4.53. The fraction of sp³-hybridized carbons (Fsp3) is 0.462. The topological polar surface area (TPSA) is 69.0 Å². The van der Waals surface area contributed by atoms with Crippen LogP contribution in [0.2, 0.25) is 0 Å². The molecule has 1 saturated heterocycles. The van der Waals surface area contributed by atoms with Gasteiger partial charge in [0.2, 0.25) is 0 Å². The highest BCUT2D eigenvalue weighted by molar-refractivity contribution is 9.10. The van der Waals surface area contributed by atoms with Gasteiger partial charge in [0.05, 0.1) is 12.6 Å². The minimum absolute atomic E-state index is 0.139. The molecule has 1 aliphatic rings. The molecule has 2 heterocycles. The molecule has 2 rings (SSSR count). The second kappa shape index (κ2) is 6.64. The number of pyridine rings is 1. The van der Waals surface area contributed by atoms with Gasteiger partial charge < -0.3 is 5.32 Å². The zero-order valence-corrected chi connectivity index (χ0v) is 12.1. The third kappa shape index (κ3) is 4.01. The standard InChI is InChI=1S/C13H15BrN4O/c14-12-3-1-2-11(17-12)13(19)16-10-4-7-18(8-5-10)9-6-15/h1-3,10H,4-5,7-9H2,(H,16,19). The lowest BCUT2D eigenvalue weighted by Crippen LogP contribution is -2.44. The minimum atomic E-state index is -0.139. The van der Waals surface area contributed by atoms with Crippen LogP contribution < -0.4 is 5.32 Å². The smallest absolute Gasteiger partial charge is 0.270 e. The van der Waals surface area contributed by atoms with E-state index in [4.69, 9.17) is 5.26 Å². The number of hydrogen-bond donors (Lipinski definition) is 1. The van der Waals surface area contributed by atoms with E-state index in [1.165, 1.54) is 0 Å². The van der Waals surface area contributed by atoms with Crippen LogP contribution in [0.1, 0.15) is 23.3 Å². The maximum absolute atomic E-state index is 12.0. The minimum Gasteiger partial charge on any atom is -0.348 e. The summed E-state index contributed by atoms with van der Waals surface area (Å²) in [5.74, 6) is -0.139. The summed E-state index contributed by atoms with van der Waals surface area (Å²) < 4.78 is 0.656. The Morgan fingerprint density at radius 2 is 2.26 bits per heavy atom. The molecule has 6 heteroatoms. The first-order valence-electron chi connectivity index (χ1n) is 6.22. The molecule has 1 N–H and O–H groups in total. The van der Waals surface area contributed by atoms with E-state index in [1.807, 2.05) is 0 Å². The molecule has 0 unspecified atom stereocenters. The number of aromatic nitrogens is 1. The van der Waals surface area contributed by atoms with Gasteiger partial charge >= 0.3 is 0 Å². The molecule has 5 nitrogen and oxygen atoms in total. The van der Waals surface area contributed by atoms with Crippen molar-refractivity contribution in [2.24, 2.45) is 0 Å². The van der Waals surface area contributed by atoms with Crippen LogP contribution in [0.3, 0.4) is 0 Å². The molecular weight excluding hydrogens is 308 g/mol. The molecule has 0 spiro atoms. The van der Waals surface area contributed by atoms with Crippen molar-refractivity contribution in [3.8, 4) is 6.07 Å². The number of rotatable bonds is 3. The summed E-state index contributed by atoms with van der Waals surface area (Å²) in [4.78, 5) is 18.2. The van der Waals surface area contributed by atoms with Crippen LogP contribution >= 0.6 is 15.9 Å². The van der Waals surface area contributed by atoms with Crippen molar-refractivity contribution in [3.05, 3.63) is 28.5 Å².